The molecule has 2 aromatic heterocycles. The zero-order valence-electron chi connectivity index (χ0n) is 17.6. The second kappa shape index (κ2) is 8.57. The number of aryl methyl sites for hydroxylation is 2. The number of furan rings is 1. The highest BCUT2D eigenvalue weighted by Crippen LogP contribution is 2.23. The third-order valence-electron chi connectivity index (χ3n) is 5.50. The second-order valence-electron chi connectivity index (χ2n) is 7.62. The molecule has 30 heavy (non-hydrogen) atoms. The Balaban J connectivity index is 1.30. The minimum Gasteiger partial charge on any atom is -0.483 e. The molecule has 4 rings (SSSR count). The van der Waals surface area contributed by atoms with Crippen molar-refractivity contribution in [1.82, 2.24) is 15.1 Å². The topological polar surface area (TPSA) is 71.7 Å². The van der Waals surface area contributed by atoms with Crippen LogP contribution < -0.4 is 9.64 Å². The molecule has 7 heteroatoms. The van der Waals surface area contributed by atoms with Gasteiger partial charge in [-0.3, -0.25) is 4.79 Å². The van der Waals surface area contributed by atoms with Crippen LogP contribution >= 0.6 is 0 Å². The van der Waals surface area contributed by atoms with Crippen molar-refractivity contribution in [3.8, 4) is 17.2 Å². The van der Waals surface area contributed by atoms with Crippen molar-refractivity contribution in [1.29, 1.82) is 0 Å². The third-order valence-corrected chi connectivity index (χ3v) is 5.50. The number of nitrogens with zero attached hydrogens (tertiary/aromatic N) is 4. The van der Waals surface area contributed by atoms with Crippen molar-refractivity contribution in [2.45, 2.75) is 20.8 Å². The van der Waals surface area contributed by atoms with E-state index in [0.717, 1.165) is 22.7 Å². The Hall–Kier alpha value is -3.35. The van der Waals surface area contributed by atoms with E-state index < -0.39 is 0 Å². The summed E-state index contributed by atoms with van der Waals surface area (Å²) in [7, 11) is 0. The van der Waals surface area contributed by atoms with Gasteiger partial charge in [-0.15, -0.1) is 10.2 Å². The molecule has 1 saturated heterocycles. The molecule has 0 bridgehead atoms. The average Bonchev–Trinajstić information content (AvgIpc) is 3.30. The summed E-state index contributed by atoms with van der Waals surface area (Å²) in [5, 5.41) is 8.57. The highest BCUT2D eigenvalue weighted by Gasteiger charge is 2.23. The molecule has 1 aliphatic rings. The summed E-state index contributed by atoms with van der Waals surface area (Å²) in [5.74, 6) is 2.29. The van der Waals surface area contributed by atoms with E-state index in [0.29, 0.717) is 37.6 Å². The normalized spacial score (nSPS) is 14.1. The zero-order valence-corrected chi connectivity index (χ0v) is 17.6. The predicted octanol–water partition coefficient (Wildman–Crippen LogP) is 3.39. The summed E-state index contributed by atoms with van der Waals surface area (Å²) in [6, 6.07) is 11.6. The maximum atomic E-state index is 12.6. The lowest BCUT2D eigenvalue weighted by atomic mass is 10.1. The third kappa shape index (κ3) is 4.30. The van der Waals surface area contributed by atoms with Crippen LogP contribution in [-0.2, 0) is 4.79 Å². The lowest BCUT2D eigenvalue weighted by Crippen LogP contribution is -2.50. The van der Waals surface area contributed by atoms with E-state index in [1.807, 2.05) is 49.1 Å². The second-order valence-corrected chi connectivity index (χ2v) is 7.62. The molecule has 7 nitrogen and oxygen atoms in total. The molecule has 1 aromatic carbocycles. The maximum Gasteiger partial charge on any atom is 0.260 e. The van der Waals surface area contributed by atoms with Crippen LogP contribution in [0.5, 0.6) is 5.75 Å². The van der Waals surface area contributed by atoms with Gasteiger partial charge in [0.1, 0.15) is 11.4 Å². The highest BCUT2D eigenvalue weighted by molar-refractivity contribution is 5.78. The molecule has 0 atom stereocenters. The van der Waals surface area contributed by atoms with E-state index in [2.05, 4.69) is 28.1 Å². The Labute approximate surface area is 176 Å². The first-order valence-corrected chi connectivity index (χ1v) is 10.1. The van der Waals surface area contributed by atoms with Crippen LogP contribution in [0, 0.1) is 20.8 Å². The van der Waals surface area contributed by atoms with Crippen molar-refractivity contribution >= 4 is 11.7 Å². The molecule has 0 saturated carbocycles. The van der Waals surface area contributed by atoms with Gasteiger partial charge < -0.3 is 19.0 Å². The molecule has 0 unspecified atom stereocenters. The molecular formula is C23H26N4O3. The van der Waals surface area contributed by atoms with Crippen molar-refractivity contribution in [2.24, 2.45) is 0 Å². The Morgan fingerprint density at radius 3 is 2.53 bits per heavy atom. The Morgan fingerprint density at radius 1 is 1.07 bits per heavy atom. The molecule has 1 aliphatic heterocycles. The standard InChI is InChI=1S/C23H26N4O3/c1-16-13-17(2)18(3)21(14-16)30-15-23(28)27-10-8-26(9-11-27)22-7-6-19(24-25-22)20-5-4-12-29-20/h4-7,12-14H,8-11,15H2,1-3H3. The number of ether oxygens (including phenoxy) is 1. The fourth-order valence-electron chi connectivity index (χ4n) is 3.62. The number of hydrogen-bond donors (Lipinski definition) is 0. The van der Waals surface area contributed by atoms with Crippen molar-refractivity contribution in [3.05, 3.63) is 59.4 Å². The number of hydrogen-bond acceptors (Lipinski definition) is 6. The number of amides is 1. The molecule has 156 valence electrons. The number of carbonyl (C=O) groups is 1. The molecule has 0 radical (unpaired) electrons. The summed E-state index contributed by atoms with van der Waals surface area (Å²) >= 11 is 0. The van der Waals surface area contributed by atoms with Crippen LogP contribution in [0.25, 0.3) is 11.5 Å². The highest BCUT2D eigenvalue weighted by atomic mass is 16.5. The summed E-state index contributed by atoms with van der Waals surface area (Å²) in [6.45, 7) is 8.86. The van der Waals surface area contributed by atoms with Crippen LogP contribution in [0.1, 0.15) is 16.7 Å². The van der Waals surface area contributed by atoms with Gasteiger partial charge in [0.05, 0.1) is 6.26 Å². The van der Waals surface area contributed by atoms with Gasteiger partial charge in [0, 0.05) is 26.2 Å². The van der Waals surface area contributed by atoms with Crippen LogP contribution in [0.3, 0.4) is 0 Å². The molecule has 1 fully saturated rings. The average molecular weight is 406 g/mol. The Morgan fingerprint density at radius 2 is 1.87 bits per heavy atom. The minimum absolute atomic E-state index is 0.00691. The van der Waals surface area contributed by atoms with Gasteiger partial charge >= 0.3 is 0 Å². The number of benzene rings is 1. The van der Waals surface area contributed by atoms with E-state index >= 15 is 0 Å². The number of carbonyl (C=O) groups excluding carboxylic acids is 1. The molecule has 0 aliphatic carbocycles. The van der Waals surface area contributed by atoms with Crippen molar-refractivity contribution in [3.63, 3.8) is 0 Å². The van der Waals surface area contributed by atoms with Crippen molar-refractivity contribution < 1.29 is 13.9 Å². The first kappa shape index (κ1) is 19.9. The molecule has 1 amide bonds. The fourth-order valence-corrected chi connectivity index (χ4v) is 3.62. The zero-order chi connectivity index (χ0) is 21.1. The van der Waals surface area contributed by atoms with Gasteiger partial charge in [-0.25, -0.2) is 0 Å². The van der Waals surface area contributed by atoms with Gasteiger partial charge in [0.2, 0.25) is 0 Å². The quantitative estimate of drug-likeness (QED) is 0.647. The largest absolute Gasteiger partial charge is 0.483 e. The lowest BCUT2D eigenvalue weighted by molar-refractivity contribution is -0.133. The molecule has 3 aromatic rings. The van der Waals surface area contributed by atoms with Crippen LogP contribution in [0.2, 0.25) is 0 Å². The van der Waals surface area contributed by atoms with Gasteiger partial charge in [-0.2, -0.15) is 0 Å². The summed E-state index contributed by atoms with van der Waals surface area (Å²) in [5.41, 5.74) is 4.09. The molecule has 0 N–H and O–H groups in total. The fraction of sp³-hybridized carbons (Fsp3) is 0.348. The molecular weight excluding hydrogens is 380 g/mol. The predicted molar refractivity (Wildman–Crippen MR) is 115 cm³/mol. The molecule has 0 spiro atoms. The summed E-state index contributed by atoms with van der Waals surface area (Å²) in [6.07, 6.45) is 1.62. The minimum atomic E-state index is 0.00691. The van der Waals surface area contributed by atoms with Crippen LogP contribution in [0.15, 0.2) is 47.1 Å². The first-order chi connectivity index (χ1) is 14.5. The van der Waals surface area contributed by atoms with E-state index in [1.54, 1.807) is 6.26 Å². The Kier molecular flexibility index (Phi) is 5.70. The lowest BCUT2D eigenvalue weighted by Gasteiger charge is -2.35. The van der Waals surface area contributed by atoms with E-state index in [1.165, 1.54) is 5.56 Å². The maximum absolute atomic E-state index is 12.6. The van der Waals surface area contributed by atoms with Crippen molar-refractivity contribution in [2.75, 3.05) is 37.7 Å². The first-order valence-electron chi connectivity index (χ1n) is 10.1. The van der Waals surface area contributed by atoms with E-state index in [9.17, 15) is 4.79 Å². The monoisotopic (exact) mass is 406 g/mol. The van der Waals surface area contributed by atoms with Gasteiger partial charge in [-0.1, -0.05) is 6.07 Å². The van der Waals surface area contributed by atoms with E-state index in [4.69, 9.17) is 9.15 Å². The molecule has 3 heterocycles. The summed E-state index contributed by atoms with van der Waals surface area (Å²) in [4.78, 5) is 16.6. The Bertz CT molecular complexity index is 1010. The SMILES string of the molecule is Cc1cc(C)c(C)c(OCC(=O)N2CCN(c3ccc(-c4ccco4)nn3)CC2)c1. The van der Waals surface area contributed by atoms with Crippen LogP contribution in [-0.4, -0.2) is 53.8 Å². The van der Waals surface area contributed by atoms with Crippen LogP contribution in [0.4, 0.5) is 5.82 Å². The number of rotatable bonds is 5. The smallest absolute Gasteiger partial charge is 0.260 e. The summed E-state index contributed by atoms with van der Waals surface area (Å²) < 4.78 is 11.2. The van der Waals surface area contributed by atoms with Gasteiger partial charge in [0.25, 0.3) is 5.91 Å². The van der Waals surface area contributed by atoms with Gasteiger partial charge in [0.15, 0.2) is 18.2 Å². The number of anilines is 1. The number of aromatic nitrogens is 2. The number of piperazine rings is 1. The van der Waals surface area contributed by atoms with Gasteiger partial charge in [-0.05, 0) is 67.8 Å². The van der Waals surface area contributed by atoms with E-state index in [-0.39, 0.29) is 12.5 Å².